The van der Waals surface area contributed by atoms with E-state index in [0.717, 1.165) is 91.5 Å². The van der Waals surface area contributed by atoms with Gasteiger partial charge in [-0.1, -0.05) is 19.2 Å². The van der Waals surface area contributed by atoms with Gasteiger partial charge < -0.3 is 9.80 Å². The molecular formula is C27H33N7O. The normalized spacial score (nSPS) is 17.7. The first kappa shape index (κ1) is 23.2. The van der Waals surface area contributed by atoms with E-state index in [1.165, 1.54) is 0 Å². The Labute approximate surface area is 206 Å². The van der Waals surface area contributed by atoms with Crippen molar-refractivity contribution in [3.05, 3.63) is 54.8 Å². The van der Waals surface area contributed by atoms with Crippen molar-refractivity contribution in [1.82, 2.24) is 29.4 Å². The number of fused-ring (bicyclic) bond motifs is 1. The van der Waals surface area contributed by atoms with Crippen LogP contribution in [0.1, 0.15) is 36.7 Å². The monoisotopic (exact) mass is 471 g/mol. The molecule has 0 atom stereocenters. The van der Waals surface area contributed by atoms with Crippen LogP contribution in [0, 0.1) is 6.92 Å². The number of carbonyl (C=O) groups is 1. The van der Waals surface area contributed by atoms with Gasteiger partial charge >= 0.3 is 0 Å². The first-order valence-corrected chi connectivity index (χ1v) is 12.3. The van der Waals surface area contributed by atoms with Crippen LogP contribution in [0.3, 0.4) is 0 Å². The van der Waals surface area contributed by atoms with Gasteiger partial charge in [-0.2, -0.15) is 5.10 Å². The summed E-state index contributed by atoms with van der Waals surface area (Å²) in [6, 6.07) is 2.63. The van der Waals surface area contributed by atoms with Crippen molar-refractivity contribution < 1.29 is 4.79 Å². The SMILES string of the molecule is C=Cc1nc(C)cc(-c2cnn3cc(N4CCN(C5CCN(C(C)=O)CC5)CC4)cnc23)c1C=C. The first-order chi connectivity index (χ1) is 17.0. The lowest BCUT2D eigenvalue weighted by molar-refractivity contribution is -0.130. The van der Waals surface area contributed by atoms with Gasteiger partial charge in [-0.3, -0.25) is 14.7 Å². The summed E-state index contributed by atoms with van der Waals surface area (Å²) in [5.74, 6) is 0.193. The van der Waals surface area contributed by atoms with Crippen LogP contribution in [-0.4, -0.2) is 80.6 Å². The molecule has 3 aromatic heterocycles. The van der Waals surface area contributed by atoms with Crippen molar-refractivity contribution >= 4 is 29.4 Å². The fourth-order valence-electron chi connectivity index (χ4n) is 5.41. The summed E-state index contributed by atoms with van der Waals surface area (Å²) < 4.78 is 1.87. The molecule has 8 heteroatoms. The number of rotatable bonds is 5. The smallest absolute Gasteiger partial charge is 0.219 e. The van der Waals surface area contributed by atoms with Gasteiger partial charge in [0.1, 0.15) is 0 Å². The molecule has 5 rings (SSSR count). The summed E-state index contributed by atoms with van der Waals surface area (Å²) in [4.78, 5) is 27.9. The number of hydrogen-bond donors (Lipinski definition) is 0. The number of anilines is 1. The van der Waals surface area contributed by atoms with Crippen LogP contribution in [0.15, 0.2) is 37.8 Å². The van der Waals surface area contributed by atoms with Crippen molar-refractivity contribution in [2.45, 2.75) is 32.7 Å². The van der Waals surface area contributed by atoms with Crippen molar-refractivity contribution in [3.63, 3.8) is 0 Å². The summed E-state index contributed by atoms with van der Waals surface area (Å²) in [6.45, 7) is 17.3. The zero-order valence-corrected chi connectivity index (χ0v) is 20.7. The molecule has 0 unspecified atom stereocenters. The summed E-state index contributed by atoms with van der Waals surface area (Å²) in [5.41, 5.74) is 6.55. The second kappa shape index (κ2) is 9.62. The average molecular weight is 472 g/mol. The molecule has 0 bridgehead atoms. The highest BCUT2D eigenvalue weighted by Gasteiger charge is 2.28. The topological polar surface area (TPSA) is 69.9 Å². The standard InChI is InChI=1S/C27H33N7O/c1-5-23-24(15-19(3)30-26(23)6-2)25-17-29-34-18-22(16-28-27(25)34)33-13-11-32(12-14-33)21-7-9-31(10-8-21)20(4)35/h5-6,15-18,21H,1-2,7-14H2,3-4H3. The summed E-state index contributed by atoms with van der Waals surface area (Å²) >= 11 is 0. The highest BCUT2D eigenvalue weighted by Crippen LogP contribution is 2.31. The fraction of sp³-hybridized carbons (Fsp3) is 0.407. The van der Waals surface area contributed by atoms with Crippen molar-refractivity contribution in [2.24, 2.45) is 0 Å². The zero-order valence-electron chi connectivity index (χ0n) is 20.7. The number of aryl methyl sites for hydroxylation is 1. The Morgan fingerprint density at radius 2 is 1.77 bits per heavy atom. The third-order valence-electron chi connectivity index (χ3n) is 7.35. The number of carbonyl (C=O) groups excluding carboxylic acids is 1. The van der Waals surface area contributed by atoms with Gasteiger partial charge in [0, 0.05) is 69.1 Å². The van der Waals surface area contributed by atoms with Crippen molar-refractivity contribution in [3.8, 4) is 11.1 Å². The molecule has 5 heterocycles. The minimum absolute atomic E-state index is 0.193. The van der Waals surface area contributed by atoms with E-state index in [-0.39, 0.29) is 5.91 Å². The molecule has 0 aliphatic carbocycles. The molecule has 1 amide bonds. The maximum Gasteiger partial charge on any atom is 0.219 e. The Morgan fingerprint density at radius 3 is 2.43 bits per heavy atom. The lowest BCUT2D eigenvalue weighted by Crippen LogP contribution is -2.53. The zero-order chi connectivity index (χ0) is 24.5. The van der Waals surface area contributed by atoms with Crippen LogP contribution < -0.4 is 4.90 Å². The number of likely N-dealkylation sites (tertiary alicyclic amines) is 1. The Kier molecular flexibility index (Phi) is 6.38. The quantitative estimate of drug-likeness (QED) is 0.567. The number of amides is 1. The summed E-state index contributed by atoms with van der Waals surface area (Å²) in [5, 5.41) is 4.63. The minimum atomic E-state index is 0.193. The van der Waals surface area contributed by atoms with Crippen LogP contribution in [-0.2, 0) is 4.79 Å². The average Bonchev–Trinajstić information content (AvgIpc) is 3.31. The van der Waals surface area contributed by atoms with E-state index in [0.29, 0.717) is 6.04 Å². The number of pyridine rings is 1. The molecule has 0 radical (unpaired) electrons. The van der Waals surface area contributed by atoms with Crippen molar-refractivity contribution in [1.29, 1.82) is 0 Å². The largest absolute Gasteiger partial charge is 0.366 e. The lowest BCUT2D eigenvalue weighted by Gasteiger charge is -2.43. The Balaban J connectivity index is 1.31. The van der Waals surface area contributed by atoms with E-state index >= 15 is 0 Å². The van der Waals surface area contributed by atoms with Gasteiger partial charge in [0.15, 0.2) is 5.65 Å². The Hall–Kier alpha value is -3.52. The molecule has 3 aromatic rings. The third kappa shape index (κ3) is 4.46. The molecule has 35 heavy (non-hydrogen) atoms. The second-order valence-corrected chi connectivity index (χ2v) is 9.42. The lowest BCUT2D eigenvalue weighted by atomic mass is 10.00. The van der Waals surface area contributed by atoms with Crippen LogP contribution in [0.4, 0.5) is 5.69 Å². The van der Waals surface area contributed by atoms with E-state index in [1.54, 1.807) is 13.0 Å². The first-order valence-electron chi connectivity index (χ1n) is 12.3. The van der Waals surface area contributed by atoms with Crippen LogP contribution in [0.5, 0.6) is 0 Å². The number of hydrogen-bond acceptors (Lipinski definition) is 6. The highest BCUT2D eigenvalue weighted by molar-refractivity contribution is 5.86. The van der Waals surface area contributed by atoms with Crippen molar-refractivity contribution in [2.75, 3.05) is 44.2 Å². The van der Waals surface area contributed by atoms with E-state index in [2.05, 4.69) is 45.3 Å². The Bertz CT molecular complexity index is 1260. The molecular weight excluding hydrogens is 438 g/mol. The predicted octanol–water partition coefficient (Wildman–Crippen LogP) is 3.52. The number of piperazine rings is 1. The number of piperidine rings is 1. The molecule has 0 aromatic carbocycles. The van der Waals surface area contributed by atoms with Crippen LogP contribution in [0.25, 0.3) is 28.9 Å². The molecule has 0 N–H and O–H groups in total. The fourth-order valence-corrected chi connectivity index (χ4v) is 5.41. The predicted molar refractivity (Wildman–Crippen MR) is 140 cm³/mol. The van der Waals surface area contributed by atoms with E-state index in [1.807, 2.05) is 34.8 Å². The third-order valence-corrected chi connectivity index (χ3v) is 7.35. The molecule has 2 aliphatic rings. The second-order valence-electron chi connectivity index (χ2n) is 9.42. The number of aromatic nitrogens is 4. The minimum Gasteiger partial charge on any atom is -0.366 e. The van der Waals surface area contributed by atoms with Crippen LogP contribution >= 0.6 is 0 Å². The summed E-state index contributed by atoms with van der Waals surface area (Å²) in [6.07, 6.45) is 11.6. The number of nitrogens with zero attached hydrogens (tertiary/aromatic N) is 7. The molecule has 2 aliphatic heterocycles. The molecule has 0 saturated carbocycles. The van der Waals surface area contributed by atoms with E-state index in [4.69, 9.17) is 4.98 Å². The molecule has 0 spiro atoms. The molecule has 182 valence electrons. The van der Waals surface area contributed by atoms with Gasteiger partial charge in [-0.05, 0) is 37.5 Å². The molecule has 2 saturated heterocycles. The van der Waals surface area contributed by atoms with Gasteiger partial charge in [-0.15, -0.1) is 0 Å². The van der Waals surface area contributed by atoms with Gasteiger partial charge in [0.25, 0.3) is 0 Å². The van der Waals surface area contributed by atoms with E-state index < -0.39 is 0 Å². The van der Waals surface area contributed by atoms with E-state index in [9.17, 15) is 4.79 Å². The van der Waals surface area contributed by atoms with Gasteiger partial charge in [-0.25, -0.2) is 9.50 Å². The van der Waals surface area contributed by atoms with Gasteiger partial charge in [0.05, 0.1) is 30.0 Å². The maximum atomic E-state index is 11.6. The van der Waals surface area contributed by atoms with Crippen LogP contribution in [0.2, 0.25) is 0 Å². The molecule has 2 fully saturated rings. The summed E-state index contributed by atoms with van der Waals surface area (Å²) in [7, 11) is 0. The molecule has 8 nitrogen and oxygen atoms in total. The van der Waals surface area contributed by atoms with Gasteiger partial charge in [0.2, 0.25) is 5.91 Å². The maximum absolute atomic E-state index is 11.6. The Morgan fingerprint density at radius 1 is 1.03 bits per heavy atom. The highest BCUT2D eigenvalue weighted by atomic mass is 16.2.